The molecule has 0 radical (unpaired) electrons. The standard InChI is InChI=1S/C26H32N4O3/c1-17-9-11-19(12-10-17)26(33)30-14-5-4-8-22(30)23-27-21-13-15-29(16-20(21)24(31)28-23)25(32)18-6-2-3-7-18/h9-12,18,22H,2-8,13-16H2,1H3,(H,27,28,31)/t22-/m0/s1. The highest BCUT2D eigenvalue weighted by atomic mass is 16.2. The van der Waals surface area contributed by atoms with Gasteiger partial charge in [-0.3, -0.25) is 14.4 Å². The molecule has 1 aromatic heterocycles. The third kappa shape index (κ3) is 4.33. The fourth-order valence-corrected chi connectivity index (χ4v) is 5.54. The lowest BCUT2D eigenvalue weighted by molar-refractivity contribution is -0.136. The summed E-state index contributed by atoms with van der Waals surface area (Å²) < 4.78 is 0. The summed E-state index contributed by atoms with van der Waals surface area (Å²) in [4.78, 5) is 50.7. The molecule has 7 nitrogen and oxygen atoms in total. The summed E-state index contributed by atoms with van der Waals surface area (Å²) in [7, 11) is 0. The molecule has 1 N–H and O–H groups in total. The topological polar surface area (TPSA) is 86.4 Å². The van der Waals surface area contributed by atoms with Crippen molar-refractivity contribution in [3.05, 3.63) is 62.8 Å². The first-order chi connectivity index (χ1) is 16.0. The number of likely N-dealkylation sites (tertiary alicyclic amines) is 1. The van der Waals surface area contributed by atoms with Crippen LogP contribution in [0.2, 0.25) is 0 Å². The van der Waals surface area contributed by atoms with Crippen LogP contribution < -0.4 is 5.56 Å². The Hall–Kier alpha value is -2.96. The number of rotatable bonds is 3. The van der Waals surface area contributed by atoms with Crippen molar-refractivity contribution in [2.24, 2.45) is 5.92 Å². The highest BCUT2D eigenvalue weighted by Crippen LogP contribution is 2.31. The van der Waals surface area contributed by atoms with E-state index in [1.807, 2.05) is 41.0 Å². The average molecular weight is 449 g/mol. The van der Waals surface area contributed by atoms with E-state index in [0.29, 0.717) is 43.0 Å². The summed E-state index contributed by atoms with van der Waals surface area (Å²) in [5.74, 6) is 0.855. The first kappa shape index (κ1) is 21.9. The molecule has 33 heavy (non-hydrogen) atoms. The van der Waals surface area contributed by atoms with Crippen LogP contribution >= 0.6 is 0 Å². The second-order valence-electron chi connectivity index (χ2n) is 9.74. The Labute approximate surface area is 194 Å². The SMILES string of the molecule is Cc1ccc(C(=O)N2CCCC[C@H]2c2nc3c(c(=O)[nH]2)CN(C(=O)C2CCCC2)CC3)cc1. The molecule has 2 fully saturated rings. The van der Waals surface area contributed by atoms with Gasteiger partial charge in [0.1, 0.15) is 5.82 Å². The number of benzene rings is 1. The number of carbonyl (C=O) groups excluding carboxylic acids is 2. The summed E-state index contributed by atoms with van der Waals surface area (Å²) in [6, 6.07) is 7.39. The van der Waals surface area contributed by atoms with Crippen molar-refractivity contribution in [3.63, 3.8) is 0 Å². The van der Waals surface area contributed by atoms with Crippen LogP contribution in [-0.2, 0) is 17.8 Å². The van der Waals surface area contributed by atoms with Gasteiger partial charge in [0.25, 0.3) is 11.5 Å². The summed E-state index contributed by atoms with van der Waals surface area (Å²) in [5, 5.41) is 0. The number of H-pyrrole nitrogens is 1. The molecule has 0 unspecified atom stereocenters. The molecule has 2 aromatic rings. The van der Waals surface area contributed by atoms with E-state index in [1.165, 1.54) is 0 Å². The molecular formula is C26H32N4O3. The van der Waals surface area contributed by atoms with Gasteiger partial charge < -0.3 is 14.8 Å². The van der Waals surface area contributed by atoms with Gasteiger partial charge in [-0.05, 0) is 51.2 Å². The largest absolute Gasteiger partial charge is 0.337 e. The van der Waals surface area contributed by atoms with Gasteiger partial charge in [-0.25, -0.2) is 4.98 Å². The van der Waals surface area contributed by atoms with E-state index in [4.69, 9.17) is 4.98 Å². The lowest BCUT2D eigenvalue weighted by Gasteiger charge is -2.36. The zero-order chi connectivity index (χ0) is 22.9. The van der Waals surface area contributed by atoms with Gasteiger partial charge in [-0.15, -0.1) is 0 Å². The monoisotopic (exact) mass is 448 g/mol. The number of hydrogen-bond acceptors (Lipinski definition) is 4. The van der Waals surface area contributed by atoms with Crippen LogP contribution in [0.1, 0.15) is 84.0 Å². The van der Waals surface area contributed by atoms with Gasteiger partial charge in [-0.2, -0.15) is 0 Å². The van der Waals surface area contributed by atoms with E-state index in [-0.39, 0.29) is 29.3 Å². The second-order valence-corrected chi connectivity index (χ2v) is 9.74. The maximum atomic E-state index is 13.3. The average Bonchev–Trinajstić information content (AvgIpc) is 3.38. The van der Waals surface area contributed by atoms with E-state index in [1.54, 1.807) is 0 Å². The minimum Gasteiger partial charge on any atom is -0.337 e. The van der Waals surface area contributed by atoms with Gasteiger partial charge in [0.15, 0.2) is 0 Å². The molecule has 174 valence electrons. The number of hydrogen-bond donors (Lipinski definition) is 1. The Balaban J connectivity index is 1.38. The predicted molar refractivity (Wildman–Crippen MR) is 125 cm³/mol. The van der Waals surface area contributed by atoms with Gasteiger partial charge >= 0.3 is 0 Å². The smallest absolute Gasteiger partial charge is 0.256 e. The Kier molecular flexibility index (Phi) is 6.04. The van der Waals surface area contributed by atoms with E-state index in [9.17, 15) is 14.4 Å². The van der Waals surface area contributed by atoms with Gasteiger partial charge in [0, 0.05) is 31.0 Å². The second kappa shape index (κ2) is 9.12. The summed E-state index contributed by atoms with van der Waals surface area (Å²) in [6.45, 7) is 3.60. The van der Waals surface area contributed by atoms with Crippen LogP contribution in [0.3, 0.4) is 0 Å². The number of nitrogens with one attached hydrogen (secondary N) is 1. The molecule has 0 bridgehead atoms. The van der Waals surface area contributed by atoms with Crippen LogP contribution in [0.5, 0.6) is 0 Å². The highest BCUT2D eigenvalue weighted by Gasteiger charge is 2.34. The van der Waals surface area contributed by atoms with Crippen LogP contribution in [0.15, 0.2) is 29.1 Å². The fraction of sp³-hybridized carbons (Fsp3) is 0.538. The number of piperidine rings is 1. The summed E-state index contributed by atoms with van der Waals surface area (Å²) >= 11 is 0. The zero-order valence-electron chi connectivity index (χ0n) is 19.3. The number of aryl methyl sites for hydroxylation is 1. The number of aromatic amines is 1. The van der Waals surface area contributed by atoms with Crippen molar-refractivity contribution in [3.8, 4) is 0 Å². The molecule has 1 saturated heterocycles. The molecule has 1 atom stereocenters. The molecule has 1 saturated carbocycles. The summed E-state index contributed by atoms with van der Waals surface area (Å²) in [5.41, 5.74) is 2.98. The molecule has 5 rings (SSSR count). The van der Waals surface area contributed by atoms with E-state index in [0.717, 1.165) is 56.2 Å². The lowest BCUT2D eigenvalue weighted by atomic mass is 9.98. The van der Waals surface area contributed by atoms with Crippen molar-refractivity contribution < 1.29 is 9.59 Å². The maximum absolute atomic E-state index is 13.3. The Morgan fingerprint density at radius 2 is 1.73 bits per heavy atom. The van der Waals surface area contributed by atoms with Crippen molar-refractivity contribution in [2.45, 2.75) is 70.9 Å². The number of carbonyl (C=O) groups is 2. The van der Waals surface area contributed by atoms with E-state index in [2.05, 4.69) is 4.98 Å². The van der Waals surface area contributed by atoms with Crippen LogP contribution in [-0.4, -0.2) is 44.7 Å². The van der Waals surface area contributed by atoms with E-state index >= 15 is 0 Å². The van der Waals surface area contributed by atoms with Gasteiger partial charge in [0.05, 0.1) is 23.8 Å². The van der Waals surface area contributed by atoms with Gasteiger partial charge in [0.2, 0.25) is 5.91 Å². The first-order valence-electron chi connectivity index (χ1n) is 12.3. The Morgan fingerprint density at radius 3 is 2.48 bits per heavy atom. The lowest BCUT2D eigenvalue weighted by Crippen LogP contribution is -2.43. The normalized spacial score (nSPS) is 21.2. The molecular weight excluding hydrogens is 416 g/mol. The molecule has 0 spiro atoms. The fourth-order valence-electron chi connectivity index (χ4n) is 5.54. The molecule has 1 aliphatic carbocycles. The number of amides is 2. The zero-order valence-corrected chi connectivity index (χ0v) is 19.3. The predicted octanol–water partition coefficient (Wildman–Crippen LogP) is 3.52. The number of aromatic nitrogens is 2. The molecule has 2 amide bonds. The first-order valence-corrected chi connectivity index (χ1v) is 12.3. The number of fused-ring (bicyclic) bond motifs is 1. The van der Waals surface area contributed by atoms with Crippen molar-refractivity contribution >= 4 is 11.8 Å². The quantitative estimate of drug-likeness (QED) is 0.778. The minimum atomic E-state index is -0.233. The maximum Gasteiger partial charge on any atom is 0.256 e. The third-order valence-corrected chi connectivity index (χ3v) is 7.48. The molecule has 3 aliphatic rings. The highest BCUT2D eigenvalue weighted by molar-refractivity contribution is 5.94. The third-order valence-electron chi connectivity index (χ3n) is 7.48. The number of nitrogens with zero attached hydrogens (tertiary/aromatic N) is 3. The molecule has 2 aliphatic heterocycles. The molecule has 1 aromatic carbocycles. The molecule has 7 heteroatoms. The van der Waals surface area contributed by atoms with Crippen LogP contribution in [0.4, 0.5) is 0 Å². The van der Waals surface area contributed by atoms with Crippen molar-refractivity contribution in [2.75, 3.05) is 13.1 Å². The Morgan fingerprint density at radius 1 is 1.00 bits per heavy atom. The minimum absolute atomic E-state index is 0.0200. The molecule has 3 heterocycles. The van der Waals surface area contributed by atoms with Crippen molar-refractivity contribution in [1.29, 1.82) is 0 Å². The van der Waals surface area contributed by atoms with Crippen molar-refractivity contribution in [1.82, 2.24) is 19.8 Å². The Bertz CT molecular complexity index is 1100. The van der Waals surface area contributed by atoms with Gasteiger partial charge in [-0.1, -0.05) is 30.5 Å². The summed E-state index contributed by atoms with van der Waals surface area (Å²) in [6.07, 6.45) is 7.46. The van der Waals surface area contributed by atoms with Crippen LogP contribution in [0, 0.1) is 12.8 Å². The van der Waals surface area contributed by atoms with E-state index < -0.39 is 0 Å². The van der Waals surface area contributed by atoms with Crippen LogP contribution in [0.25, 0.3) is 0 Å².